The SMILES string of the molecule is CCCCCCCCCCNC(=O)NCC(OC)C(=O)O. The van der Waals surface area contributed by atoms with Gasteiger partial charge in [-0.3, -0.25) is 0 Å². The molecule has 0 spiro atoms. The largest absolute Gasteiger partial charge is 0.479 e. The lowest BCUT2D eigenvalue weighted by Crippen LogP contribution is -2.43. The van der Waals surface area contributed by atoms with Gasteiger partial charge < -0.3 is 20.5 Å². The van der Waals surface area contributed by atoms with Gasteiger partial charge in [0.15, 0.2) is 6.10 Å². The number of hydrogen-bond acceptors (Lipinski definition) is 3. The van der Waals surface area contributed by atoms with Gasteiger partial charge in [0.05, 0.1) is 6.54 Å². The molecule has 3 N–H and O–H groups in total. The summed E-state index contributed by atoms with van der Waals surface area (Å²) in [7, 11) is 1.30. The molecule has 6 heteroatoms. The van der Waals surface area contributed by atoms with Crippen molar-refractivity contribution in [3.63, 3.8) is 0 Å². The minimum absolute atomic E-state index is 0.0326. The first-order valence-electron chi connectivity index (χ1n) is 7.89. The van der Waals surface area contributed by atoms with Gasteiger partial charge in [-0.05, 0) is 6.42 Å². The average molecular weight is 302 g/mol. The average Bonchev–Trinajstić information content (AvgIpc) is 2.45. The summed E-state index contributed by atoms with van der Waals surface area (Å²) < 4.78 is 4.72. The van der Waals surface area contributed by atoms with Crippen molar-refractivity contribution >= 4 is 12.0 Å². The number of carbonyl (C=O) groups is 2. The Hall–Kier alpha value is -1.30. The van der Waals surface area contributed by atoms with Gasteiger partial charge in [0, 0.05) is 13.7 Å². The lowest BCUT2D eigenvalue weighted by atomic mass is 10.1. The molecule has 1 unspecified atom stereocenters. The molecule has 0 aromatic rings. The van der Waals surface area contributed by atoms with Crippen LogP contribution in [0.1, 0.15) is 58.3 Å². The number of methoxy groups -OCH3 is 1. The van der Waals surface area contributed by atoms with E-state index in [-0.39, 0.29) is 12.6 Å². The maximum absolute atomic E-state index is 11.4. The van der Waals surface area contributed by atoms with E-state index < -0.39 is 12.1 Å². The number of carbonyl (C=O) groups excluding carboxylic acids is 1. The minimum Gasteiger partial charge on any atom is -0.479 e. The van der Waals surface area contributed by atoms with Crippen molar-refractivity contribution in [1.29, 1.82) is 0 Å². The Morgan fingerprint density at radius 3 is 2.10 bits per heavy atom. The third kappa shape index (κ3) is 12.2. The van der Waals surface area contributed by atoms with Crippen molar-refractivity contribution < 1.29 is 19.4 Å². The summed E-state index contributed by atoms with van der Waals surface area (Å²) in [6, 6.07) is -0.346. The van der Waals surface area contributed by atoms with Crippen molar-refractivity contribution in [2.24, 2.45) is 0 Å². The zero-order valence-electron chi connectivity index (χ0n) is 13.3. The van der Waals surface area contributed by atoms with Crippen LogP contribution in [-0.4, -0.2) is 43.4 Å². The molecule has 0 saturated heterocycles. The van der Waals surface area contributed by atoms with E-state index in [0.29, 0.717) is 6.54 Å². The maximum Gasteiger partial charge on any atom is 0.334 e. The molecular weight excluding hydrogens is 272 g/mol. The summed E-state index contributed by atoms with van der Waals surface area (Å²) in [6.45, 7) is 2.79. The normalized spacial score (nSPS) is 11.9. The molecule has 0 fully saturated rings. The molecule has 1 atom stereocenters. The number of carboxylic acid groups (broad SMARTS) is 1. The van der Waals surface area contributed by atoms with Crippen molar-refractivity contribution in [2.45, 2.75) is 64.4 Å². The van der Waals surface area contributed by atoms with Crippen LogP contribution in [0.3, 0.4) is 0 Å². The quantitative estimate of drug-likeness (QED) is 0.456. The molecule has 0 aliphatic rings. The number of rotatable bonds is 13. The van der Waals surface area contributed by atoms with Crippen LogP contribution < -0.4 is 10.6 Å². The van der Waals surface area contributed by atoms with E-state index in [1.54, 1.807) is 0 Å². The van der Waals surface area contributed by atoms with E-state index in [0.717, 1.165) is 12.8 Å². The van der Waals surface area contributed by atoms with Crippen LogP contribution in [0.15, 0.2) is 0 Å². The monoisotopic (exact) mass is 302 g/mol. The Kier molecular flexibility index (Phi) is 12.8. The van der Waals surface area contributed by atoms with Crippen LogP contribution in [-0.2, 0) is 9.53 Å². The second kappa shape index (κ2) is 13.7. The summed E-state index contributed by atoms with van der Waals surface area (Å²) in [5.41, 5.74) is 0. The fraction of sp³-hybridized carbons (Fsp3) is 0.867. The van der Waals surface area contributed by atoms with Crippen molar-refractivity contribution in [3.8, 4) is 0 Å². The zero-order chi connectivity index (χ0) is 15.9. The molecule has 0 aliphatic carbocycles. The second-order valence-electron chi connectivity index (χ2n) is 5.17. The molecule has 2 amide bonds. The minimum atomic E-state index is -1.08. The Balaban J connectivity index is 3.39. The molecule has 0 aromatic carbocycles. The summed E-state index contributed by atoms with van der Waals surface area (Å²) in [5, 5.41) is 13.9. The number of carboxylic acids is 1. The van der Waals surface area contributed by atoms with Gasteiger partial charge in [-0.25, -0.2) is 9.59 Å². The number of aliphatic carboxylic acids is 1. The van der Waals surface area contributed by atoms with Gasteiger partial charge >= 0.3 is 12.0 Å². The first-order chi connectivity index (χ1) is 10.1. The molecule has 0 aliphatic heterocycles. The third-order valence-electron chi connectivity index (χ3n) is 3.32. The molecule has 0 bridgehead atoms. The van der Waals surface area contributed by atoms with Gasteiger partial charge in [0.25, 0.3) is 0 Å². The number of unbranched alkanes of at least 4 members (excludes halogenated alkanes) is 7. The molecule has 0 radical (unpaired) electrons. The Bertz CT molecular complexity index is 285. The van der Waals surface area contributed by atoms with Crippen molar-refractivity contribution in [1.82, 2.24) is 10.6 Å². The molecule has 124 valence electrons. The highest BCUT2D eigenvalue weighted by atomic mass is 16.5. The molecule has 0 heterocycles. The Morgan fingerprint density at radius 2 is 1.57 bits per heavy atom. The van der Waals surface area contributed by atoms with Crippen LogP contribution in [0.5, 0.6) is 0 Å². The third-order valence-corrected chi connectivity index (χ3v) is 3.32. The number of nitrogens with one attached hydrogen (secondary N) is 2. The first-order valence-corrected chi connectivity index (χ1v) is 7.89. The van der Waals surface area contributed by atoms with Crippen LogP contribution in [0.2, 0.25) is 0 Å². The molecule has 0 aromatic heterocycles. The highest BCUT2D eigenvalue weighted by Gasteiger charge is 2.16. The first kappa shape index (κ1) is 19.7. The van der Waals surface area contributed by atoms with Crippen LogP contribution >= 0.6 is 0 Å². The van der Waals surface area contributed by atoms with Crippen molar-refractivity contribution in [2.75, 3.05) is 20.2 Å². The predicted octanol–water partition coefficient (Wildman–Crippen LogP) is 2.53. The highest BCUT2D eigenvalue weighted by molar-refractivity contribution is 5.76. The summed E-state index contributed by atoms with van der Waals surface area (Å²) in [6.07, 6.45) is 8.75. The second-order valence-corrected chi connectivity index (χ2v) is 5.17. The van der Waals surface area contributed by atoms with E-state index in [9.17, 15) is 9.59 Å². The molecule has 0 saturated carbocycles. The molecular formula is C15H30N2O4. The van der Waals surface area contributed by atoms with Gasteiger partial charge in [0.1, 0.15) is 0 Å². The van der Waals surface area contributed by atoms with Crippen LogP contribution in [0, 0.1) is 0 Å². The topological polar surface area (TPSA) is 87.7 Å². The van der Waals surface area contributed by atoms with E-state index in [2.05, 4.69) is 17.6 Å². The Morgan fingerprint density at radius 1 is 1.00 bits per heavy atom. The van der Waals surface area contributed by atoms with E-state index in [4.69, 9.17) is 9.84 Å². The number of ether oxygens (including phenoxy) is 1. The van der Waals surface area contributed by atoms with Crippen LogP contribution in [0.4, 0.5) is 4.79 Å². The van der Waals surface area contributed by atoms with Gasteiger partial charge in [-0.1, -0.05) is 51.9 Å². The summed E-state index contributed by atoms with van der Waals surface area (Å²) >= 11 is 0. The molecule has 21 heavy (non-hydrogen) atoms. The van der Waals surface area contributed by atoms with Gasteiger partial charge in [-0.15, -0.1) is 0 Å². The lowest BCUT2D eigenvalue weighted by molar-refractivity contribution is -0.147. The number of amides is 2. The molecule has 6 nitrogen and oxygen atoms in total. The standard InChI is InChI=1S/C15H30N2O4/c1-3-4-5-6-7-8-9-10-11-16-15(20)17-12-13(21-2)14(18)19/h13H,3-12H2,1-2H3,(H,18,19)(H2,16,17,20). The summed E-state index contributed by atoms with van der Waals surface area (Å²) in [5.74, 6) is -1.08. The predicted molar refractivity (Wildman–Crippen MR) is 82.4 cm³/mol. The summed E-state index contributed by atoms with van der Waals surface area (Å²) in [4.78, 5) is 22.1. The van der Waals surface area contributed by atoms with Gasteiger partial charge in [0.2, 0.25) is 0 Å². The number of urea groups is 1. The van der Waals surface area contributed by atoms with Gasteiger partial charge in [-0.2, -0.15) is 0 Å². The van der Waals surface area contributed by atoms with Crippen LogP contribution in [0.25, 0.3) is 0 Å². The maximum atomic E-state index is 11.4. The zero-order valence-corrected chi connectivity index (χ0v) is 13.3. The van der Waals surface area contributed by atoms with E-state index in [1.165, 1.54) is 45.6 Å². The fourth-order valence-electron chi connectivity index (χ4n) is 1.98. The molecule has 0 rings (SSSR count). The van der Waals surface area contributed by atoms with E-state index >= 15 is 0 Å². The van der Waals surface area contributed by atoms with E-state index in [1.807, 2.05) is 0 Å². The van der Waals surface area contributed by atoms with Crippen molar-refractivity contribution in [3.05, 3.63) is 0 Å². The smallest absolute Gasteiger partial charge is 0.334 e. The Labute approximate surface area is 127 Å². The fourth-order valence-corrected chi connectivity index (χ4v) is 1.98. The lowest BCUT2D eigenvalue weighted by Gasteiger charge is -2.12. The number of hydrogen-bond donors (Lipinski definition) is 3. The highest BCUT2D eigenvalue weighted by Crippen LogP contribution is 2.07.